The second-order valence-electron chi connectivity index (χ2n) is 6.88. The fourth-order valence-electron chi connectivity index (χ4n) is 3.11. The SMILES string of the molecule is COc1cccc(NC(=O)CC2SC(=NS(=O)(=O)c3cccs3)N(c3ccccc3)C2=O)c1. The number of anilines is 2. The van der Waals surface area contributed by atoms with Crippen LogP contribution in [0.15, 0.2) is 80.7 Å². The molecule has 0 saturated carbocycles. The minimum absolute atomic E-state index is 0.0128. The van der Waals surface area contributed by atoms with E-state index in [0.29, 0.717) is 17.1 Å². The van der Waals surface area contributed by atoms with Gasteiger partial charge in [0.15, 0.2) is 5.17 Å². The number of thiophene rings is 1. The molecule has 1 aliphatic rings. The van der Waals surface area contributed by atoms with E-state index in [9.17, 15) is 18.0 Å². The van der Waals surface area contributed by atoms with E-state index < -0.39 is 21.2 Å². The Kier molecular flexibility index (Phi) is 6.82. The number of sulfonamides is 1. The highest BCUT2D eigenvalue weighted by atomic mass is 32.2. The Morgan fingerprint density at radius 2 is 1.91 bits per heavy atom. The molecule has 1 unspecified atom stereocenters. The lowest BCUT2D eigenvalue weighted by Gasteiger charge is -2.16. The highest BCUT2D eigenvalue weighted by molar-refractivity contribution is 8.16. The Bertz CT molecular complexity index is 1290. The Labute approximate surface area is 199 Å². The minimum Gasteiger partial charge on any atom is -0.497 e. The van der Waals surface area contributed by atoms with E-state index in [0.717, 1.165) is 23.1 Å². The van der Waals surface area contributed by atoms with Crippen molar-refractivity contribution in [3.05, 3.63) is 72.1 Å². The minimum atomic E-state index is -4.00. The van der Waals surface area contributed by atoms with E-state index in [1.165, 1.54) is 18.1 Å². The summed E-state index contributed by atoms with van der Waals surface area (Å²) in [6, 6.07) is 18.6. The van der Waals surface area contributed by atoms with Crippen molar-refractivity contribution in [3.8, 4) is 5.75 Å². The molecule has 2 amide bonds. The highest BCUT2D eigenvalue weighted by Crippen LogP contribution is 2.35. The fourth-order valence-corrected chi connectivity index (χ4v) is 6.42. The zero-order valence-corrected chi connectivity index (χ0v) is 19.8. The number of carbonyl (C=O) groups is 2. The Balaban J connectivity index is 1.59. The molecular formula is C22H19N3O5S3. The molecule has 1 aliphatic heterocycles. The second-order valence-corrected chi connectivity index (χ2v) is 10.8. The van der Waals surface area contributed by atoms with Crippen LogP contribution in [0.1, 0.15) is 6.42 Å². The van der Waals surface area contributed by atoms with Gasteiger partial charge in [-0.1, -0.05) is 42.1 Å². The summed E-state index contributed by atoms with van der Waals surface area (Å²) in [5, 5.41) is 3.57. The first-order chi connectivity index (χ1) is 15.9. The standard InChI is InChI=1S/C22H19N3O5S3/c1-30-17-10-5-7-15(13-17)23-19(26)14-18-21(27)25(16-8-3-2-4-9-16)22(32-18)24-33(28,29)20-11-6-12-31-20/h2-13,18H,14H2,1H3,(H,23,26). The second kappa shape index (κ2) is 9.77. The van der Waals surface area contributed by atoms with Crippen molar-refractivity contribution in [2.75, 3.05) is 17.3 Å². The lowest BCUT2D eigenvalue weighted by Crippen LogP contribution is -2.33. The molecule has 8 nitrogen and oxygen atoms in total. The highest BCUT2D eigenvalue weighted by Gasteiger charge is 2.41. The molecule has 2 aromatic carbocycles. The average molecular weight is 502 g/mol. The van der Waals surface area contributed by atoms with Gasteiger partial charge in [-0.25, -0.2) is 0 Å². The maximum Gasteiger partial charge on any atom is 0.294 e. The summed E-state index contributed by atoms with van der Waals surface area (Å²) in [5.41, 5.74) is 1.01. The van der Waals surface area contributed by atoms with Gasteiger partial charge < -0.3 is 10.1 Å². The Morgan fingerprint density at radius 1 is 1.12 bits per heavy atom. The summed E-state index contributed by atoms with van der Waals surface area (Å²) in [5.74, 6) is -0.209. The molecule has 11 heteroatoms. The number of amides is 2. The van der Waals surface area contributed by atoms with Gasteiger partial charge in [0.2, 0.25) is 11.8 Å². The lowest BCUT2D eigenvalue weighted by molar-refractivity contribution is -0.121. The first-order valence-electron chi connectivity index (χ1n) is 9.75. The molecule has 3 aromatic rings. The Hall–Kier alpha value is -3.15. The quantitative estimate of drug-likeness (QED) is 0.525. The van der Waals surface area contributed by atoms with Crippen LogP contribution in [0.2, 0.25) is 0 Å². The number of methoxy groups -OCH3 is 1. The first-order valence-corrected chi connectivity index (χ1v) is 13.0. The topological polar surface area (TPSA) is 105 Å². The van der Waals surface area contributed by atoms with E-state index >= 15 is 0 Å². The van der Waals surface area contributed by atoms with Crippen molar-refractivity contribution in [2.24, 2.45) is 4.40 Å². The zero-order valence-electron chi connectivity index (χ0n) is 17.4. The molecule has 0 radical (unpaired) electrons. The van der Waals surface area contributed by atoms with Crippen LogP contribution in [0.4, 0.5) is 11.4 Å². The van der Waals surface area contributed by atoms with Gasteiger partial charge >= 0.3 is 0 Å². The number of hydrogen-bond donors (Lipinski definition) is 1. The molecule has 0 bridgehead atoms. The third-order valence-corrected chi connectivity index (χ3v) is 8.51. The fraction of sp³-hybridized carbons (Fsp3) is 0.136. The molecule has 4 rings (SSSR count). The van der Waals surface area contributed by atoms with Gasteiger partial charge in [0.1, 0.15) is 15.2 Å². The molecule has 170 valence electrons. The molecule has 0 spiro atoms. The number of thioether (sulfide) groups is 1. The number of amidine groups is 1. The van der Waals surface area contributed by atoms with Crippen LogP contribution in [-0.2, 0) is 19.6 Å². The van der Waals surface area contributed by atoms with Gasteiger partial charge in [-0.15, -0.1) is 15.7 Å². The number of para-hydroxylation sites is 1. The van der Waals surface area contributed by atoms with E-state index in [1.807, 2.05) is 0 Å². The van der Waals surface area contributed by atoms with Gasteiger partial charge in [-0.2, -0.15) is 8.42 Å². The summed E-state index contributed by atoms with van der Waals surface area (Å²) in [6.45, 7) is 0. The van der Waals surface area contributed by atoms with Crippen molar-refractivity contribution in [3.63, 3.8) is 0 Å². The maximum atomic E-state index is 13.2. The predicted octanol–water partition coefficient (Wildman–Crippen LogP) is 3.98. The van der Waals surface area contributed by atoms with Gasteiger partial charge in [-0.3, -0.25) is 14.5 Å². The third kappa shape index (κ3) is 5.27. The predicted molar refractivity (Wildman–Crippen MR) is 130 cm³/mol. The smallest absolute Gasteiger partial charge is 0.294 e. The number of hydrogen-bond acceptors (Lipinski definition) is 7. The molecule has 0 aliphatic carbocycles. The number of benzene rings is 2. The largest absolute Gasteiger partial charge is 0.497 e. The molecule has 33 heavy (non-hydrogen) atoms. The van der Waals surface area contributed by atoms with Crippen LogP contribution >= 0.6 is 23.1 Å². The van der Waals surface area contributed by atoms with Crippen molar-refractivity contribution in [1.29, 1.82) is 0 Å². The van der Waals surface area contributed by atoms with Crippen molar-refractivity contribution in [1.82, 2.24) is 0 Å². The van der Waals surface area contributed by atoms with E-state index in [1.54, 1.807) is 66.0 Å². The molecule has 1 saturated heterocycles. The number of nitrogens with zero attached hydrogens (tertiary/aromatic N) is 2. The van der Waals surface area contributed by atoms with Crippen LogP contribution in [0.3, 0.4) is 0 Å². The van der Waals surface area contributed by atoms with Crippen LogP contribution < -0.4 is 15.0 Å². The van der Waals surface area contributed by atoms with E-state index in [2.05, 4.69) is 9.71 Å². The zero-order chi connectivity index (χ0) is 23.4. The van der Waals surface area contributed by atoms with Crippen molar-refractivity contribution < 1.29 is 22.7 Å². The van der Waals surface area contributed by atoms with Crippen LogP contribution in [0, 0.1) is 0 Å². The third-order valence-electron chi connectivity index (χ3n) is 4.62. The summed E-state index contributed by atoms with van der Waals surface area (Å²) in [7, 11) is -2.47. The van der Waals surface area contributed by atoms with Crippen LogP contribution in [0.5, 0.6) is 5.75 Å². The first kappa shape index (κ1) is 23.0. The van der Waals surface area contributed by atoms with Crippen LogP contribution in [0.25, 0.3) is 0 Å². The number of ether oxygens (including phenoxy) is 1. The monoisotopic (exact) mass is 501 g/mol. The van der Waals surface area contributed by atoms with E-state index in [-0.39, 0.29) is 21.7 Å². The Morgan fingerprint density at radius 3 is 2.61 bits per heavy atom. The van der Waals surface area contributed by atoms with Crippen molar-refractivity contribution >= 4 is 61.5 Å². The van der Waals surface area contributed by atoms with Crippen LogP contribution in [-0.4, -0.2) is 37.8 Å². The van der Waals surface area contributed by atoms with Gasteiger partial charge in [0, 0.05) is 18.2 Å². The number of carbonyl (C=O) groups excluding carboxylic acids is 2. The van der Waals surface area contributed by atoms with Gasteiger partial charge in [-0.05, 0) is 35.7 Å². The molecule has 1 fully saturated rings. The average Bonchev–Trinajstić information content (AvgIpc) is 3.44. The van der Waals surface area contributed by atoms with Gasteiger partial charge in [0.25, 0.3) is 10.0 Å². The summed E-state index contributed by atoms with van der Waals surface area (Å²) >= 11 is 2.00. The van der Waals surface area contributed by atoms with E-state index in [4.69, 9.17) is 4.74 Å². The normalized spacial score (nSPS) is 17.4. The number of rotatable bonds is 7. The lowest BCUT2D eigenvalue weighted by atomic mass is 10.2. The van der Waals surface area contributed by atoms with Gasteiger partial charge in [0.05, 0.1) is 12.8 Å². The summed E-state index contributed by atoms with van der Waals surface area (Å²) in [6.07, 6.45) is -0.151. The maximum absolute atomic E-state index is 13.2. The molecule has 1 aromatic heterocycles. The summed E-state index contributed by atoms with van der Waals surface area (Å²) in [4.78, 5) is 27.1. The number of nitrogens with one attached hydrogen (secondary N) is 1. The summed E-state index contributed by atoms with van der Waals surface area (Å²) < 4.78 is 34.7. The molecule has 2 heterocycles. The molecule has 1 N–H and O–H groups in total. The van der Waals surface area contributed by atoms with Crippen molar-refractivity contribution in [2.45, 2.75) is 15.9 Å². The molecule has 1 atom stereocenters. The molecular weight excluding hydrogens is 482 g/mol.